The van der Waals surface area contributed by atoms with Gasteiger partial charge in [0.15, 0.2) is 5.03 Å². The number of aromatic nitrogens is 2. The van der Waals surface area contributed by atoms with Crippen LogP contribution >= 0.6 is 10.7 Å². The third kappa shape index (κ3) is 3.45. The first-order valence-electron chi connectivity index (χ1n) is 6.01. The van der Waals surface area contributed by atoms with Crippen molar-refractivity contribution in [2.75, 3.05) is 0 Å². The maximum absolute atomic E-state index is 11.2. The summed E-state index contributed by atoms with van der Waals surface area (Å²) in [5.74, 6) is 1.65. The largest absolute Gasteiger partial charge is 0.333 e. The fourth-order valence-electron chi connectivity index (χ4n) is 1.89. The number of imidazole rings is 1. The molecule has 0 spiro atoms. The topological polar surface area (TPSA) is 52.0 Å². The molecule has 6 heteroatoms. The SMILES string of the molecule is CCCc1nc(S(=O)(=O)Cl)cn1CCC1CC1. The molecule has 0 radical (unpaired) electrons. The lowest BCUT2D eigenvalue weighted by molar-refractivity contribution is 0.570. The molecule has 0 bridgehead atoms. The summed E-state index contributed by atoms with van der Waals surface area (Å²) in [7, 11) is 1.61. The molecule has 0 unspecified atom stereocenters. The van der Waals surface area contributed by atoms with Gasteiger partial charge in [-0.1, -0.05) is 19.8 Å². The second kappa shape index (κ2) is 4.98. The first kappa shape index (κ1) is 12.9. The third-order valence-electron chi connectivity index (χ3n) is 3.04. The summed E-state index contributed by atoms with van der Waals surface area (Å²) in [6.45, 7) is 2.90. The van der Waals surface area contributed by atoms with Gasteiger partial charge < -0.3 is 4.57 Å². The van der Waals surface area contributed by atoms with Gasteiger partial charge in [0.2, 0.25) is 0 Å². The van der Waals surface area contributed by atoms with Crippen molar-refractivity contribution in [3.05, 3.63) is 12.0 Å². The average molecular weight is 277 g/mol. The lowest BCUT2D eigenvalue weighted by atomic mass is 10.3. The molecule has 1 fully saturated rings. The fraction of sp³-hybridized carbons (Fsp3) is 0.727. The zero-order valence-corrected chi connectivity index (χ0v) is 11.5. The van der Waals surface area contributed by atoms with Gasteiger partial charge in [0.1, 0.15) is 5.82 Å². The maximum atomic E-state index is 11.2. The van der Waals surface area contributed by atoms with E-state index in [4.69, 9.17) is 10.7 Å². The number of hydrogen-bond acceptors (Lipinski definition) is 3. The molecule has 1 aromatic heterocycles. The average Bonchev–Trinajstić information content (AvgIpc) is 2.97. The van der Waals surface area contributed by atoms with Crippen molar-refractivity contribution in [1.82, 2.24) is 9.55 Å². The Bertz CT molecular complexity index is 492. The lowest BCUT2D eigenvalue weighted by Crippen LogP contribution is -2.03. The van der Waals surface area contributed by atoms with Crippen LogP contribution in [0.3, 0.4) is 0 Å². The van der Waals surface area contributed by atoms with Gasteiger partial charge in [0.05, 0.1) is 0 Å². The molecular formula is C11H17ClN2O2S. The van der Waals surface area contributed by atoms with E-state index in [0.29, 0.717) is 0 Å². The Kier molecular flexibility index (Phi) is 3.78. The second-order valence-electron chi connectivity index (χ2n) is 4.61. The van der Waals surface area contributed by atoms with Crippen LogP contribution in [0.15, 0.2) is 11.2 Å². The minimum atomic E-state index is -3.71. The van der Waals surface area contributed by atoms with Gasteiger partial charge in [-0.2, -0.15) is 0 Å². The van der Waals surface area contributed by atoms with Crippen LogP contribution in [0.25, 0.3) is 0 Å². The van der Waals surface area contributed by atoms with Crippen LogP contribution in [0.1, 0.15) is 38.4 Å². The van der Waals surface area contributed by atoms with Crippen molar-refractivity contribution in [2.24, 2.45) is 5.92 Å². The molecule has 1 aliphatic rings. The molecule has 0 aliphatic heterocycles. The molecule has 1 aliphatic carbocycles. The minimum Gasteiger partial charge on any atom is -0.333 e. The zero-order chi connectivity index (χ0) is 12.5. The van der Waals surface area contributed by atoms with E-state index in [0.717, 1.165) is 37.5 Å². The summed E-state index contributed by atoms with van der Waals surface area (Å²) in [5.41, 5.74) is 0. The van der Waals surface area contributed by atoms with E-state index in [1.54, 1.807) is 6.20 Å². The highest BCUT2D eigenvalue weighted by molar-refractivity contribution is 8.13. The van der Waals surface area contributed by atoms with E-state index in [-0.39, 0.29) is 5.03 Å². The van der Waals surface area contributed by atoms with E-state index in [1.807, 2.05) is 4.57 Å². The summed E-state index contributed by atoms with van der Waals surface area (Å²) in [6.07, 6.45) is 7.01. The van der Waals surface area contributed by atoms with Gasteiger partial charge in [-0.15, -0.1) is 0 Å². The Labute approximate surface area is 106 Å². The molecule has 0 atom stereocenters. The van der Waals surface area contributed by atoms with E-state index in [1.165, 1.54) is 12.8 Å². The number of aryl methyl sites for hydroxylation is 2. The molecule has 4 nitrogen and oxygen atoms in total. The smallest absolute Gasteiger partial charge is 0.280 e. The zero-order valence-electron chi connectivity index (χ0n) is 9.89. The summed E-state index contributed by atoms with van der Waals surface area (Å²) in [4.78, 5) is 4.11. The van der Waals surface area contributed by atoms with Crippen LogP contribution < -0.4 is 0 Å². The van der Waals surface area contributed by atoms with Crippen molar-refractivity contribution >= 4 is 19.7 Å². The van der Waals surface area contributed by atoms with Gasteiger partial charge in [0.25, 0.3) is 9.05 Å². The van der Waals surface area contributed by atoms with E-state index in [9.17, 15) is 8.42 Å². The van der Waals surface area contributed by atoms with Crippen molar-refractivity contribution in [1.29, 1.82) is 0 Å². The molecule has 0 N–H and O–H groups in total. The van der Waals surface area contributed by atoms with Crippen LogP contribution in [0.4, 0.5) is 0 Å². The molecule has 0 saturated heterocycles. The van der Waals surface area contributed by atoms with E-state index < -0.39 is 9.05 Å². The van der Waals surface area contributed by atoms with Crippen LogP contribution in [-0.4, -0.2) is 18.0 Å². The molecule has 1 aromatic rings. The highest BCUT2D eigenvalue weighted by Gasteiger charge is 2.22. The summed E-state index contributed by atoms with van der Waals surface area (Å²) >= 11 is 0. The summed E-state index contributed by atoms with van der Waals surface area (Å²) in [6, 6.07) is 0. The Morgan fingerprint density at radius 1 is 1.53 bits per heavy atom. The van der Waals surface area contributed by atoms with Gasteiger partial charge in [0, 0.05) is 29.8 Å². The fourth-order valence-corrected chi connectivity index (χ4v) is 2.58. The molecule has 0 amide bonds. The number of nitrogens with zero attached hydrogens (tertiary/aromatic N) is 2. The molecule has 2 rings (SSSR count). The highest BCUT2D eigenvalue weighted by Crippen LogP contribution is 2.33. The quantitative estimate of drug-likeness (QED) is 0.751. The number of hydrogen-bond donors (Lipinski definition) is 0. The second-order valence-corrected chi connectivity index (χ2v) is 7.12. The van der Waals surface area contributed by atoms with Gasteiger partial charge in [-0.05, 0) is 18.8 Å². The Balaban J connectivity index is 2.17. The highest BCUT2D eigenvalue weighted by atomic mass is 35.7. The Morgan fingerprint density at radius 3 is 2.76 bits per heavy atom. The van der Waals surface area contributed by atoms with Gasteiger partial charge in [-0.25, -0.2) is 13.4 Å². The third-order valence-corrected chi connectivity index (χ3v) is 4.21. The van der Waals surface area contributed by atoms with Crippen LogP contribution in [0.2, 0.25) is 0 Å². The van der Waals surface area contributed by atoms with Crippen LogP contribution in [-0.2, 0) is 22.0 Å². The summed E-state index contributed by atoms with van der Waals surface area (Å²) < 4.78 is 24.4. The maximum Gasteiger partial charge on any atom is 0.280 e. The predicted octanol–water partition coefficient (Wildman–Crippen LogP) is 2.56. The summed E-state index contributed by atoms with van der Waals surface area (Å²) in [5, 5.41) is -0.0154. The van der Waals surface area contributed by atoms with Gasteiger partial charge >= 0.3 is 0 Å². The van der Waals surface area contributed by atoms with E-state index >= 15 is 0 Å². The van der Waals surface area contributed by atoms with Gasteiger partial charge in [-0.3, -0.25) is 0 Å². The Morgan fingerprint density at radius 2 is 2.24 bits per heavy atom. The first-order chi connectivity index (χ1) is 8.00. The van der Waals surface area contributed by atoms with Crippen molar-refractivity contribution < 1.29 is 8.42 Å². The predicted molar refractivity (Wildman–Crippen MR) is 66.6 cm³/mol. The molecule has 1 heterocycles. The standard InChI is InChI=1S/C11H17ClN2O2S/c1-2-3-10-13-11(17(12,15)16)8-14(10)7-6-9-4-5-9/h8-9H,2-7H2,1H3. The molecular weight excluding hydrogens is 260 g/mol. The first-order valence-corrected chi connectivity index (χ1v) is 8.32. The molecule has 0 aromatic carbocycles. The molecule has 96 valence electrons. The van der Waals surface area contributed by atoms with Crippen molar-refractivity contribution in [3.8, 4) is 0 Å². The Hall–Kier alpha value is -0.550. The van der Waals surface area contributed by atoms with Crippen molar-refractivity contribution in [2.45, 2.75) is 50.6 Å². The molecule has 17 heavy (non-hydrogen) atoms. The molecule has 1 saturated carbocycles. The number of halogens is 1. The van der Waals surface area contributed by atoms with Crippen LogP contribution in [0.5, 0.6) is 0 Å². The van der Waals surface area contributed by atoms with E-state index in [2.05, 4.69) is 11.9 Å². The number of rotatable bonds is 6. The normalized spacial score (nSPS) is 16.4. The lowest BCUT2D eigenvalue weighted by Gasteiger charge is -2.05. The van der Waals surface area contributed by atoms with Crippen molar-refractivity contribution in [3.63, 3.8) is 0 Å². The minimum absolute atomic E-state index is 0.0154. The monoisotopic (exact) mass is 276 g/mol. The van der Waals surface area contributed by atoms with Crippen LogP contribution in [0, 0.1) is 5.92 Å².